The summed E-state index contributed by atoms with van der Waals surface area (Å²) in [4.78, 5) is 11.9. The molecule has 0 spiro atoms. The van der Waals surface area contributed by atoms with Gasteiger partial charge in [-0.2, -0.15) is 0 Å². The molecule has 1 aromatic carbocycles. The van der Waals surface area contributed by atoms with Gasteiger partial charge in [-0.1, -0.05) is 55.0 Å². The van der Waals surface area contributed by atoms with E-state index in [1.165, 1.54) is 12.8 Å². The van der Waals surface area contributed by atoms with Crippen LogP contribution in [-0.2, 0) is 10.3 Å². The maximum atomic E-state index is 11.9. The zero-order chi connectivity index (χ0) is 15.5. The molecule has 1 unspecified atom stereocenters. The van der Waals surface area contributed by atoms with Crippen molar-refractivity contribution in [3.63, 3.8) is 0 Å². The van der Waals surface area contributed by atoms with E-state index in [1.807, 2.05) is 0 Å². The smallest absolute Gasteiger partial charge is 0.328 e. The molecule has 0 bridgehead atoms. The molecule has 0 heterocycles. The summed E-state index contributed by atoms with van der Waals surface area (Å²) in [6.07, 6.45) is 6.75. The average molecular weight is 330 g/mol. The van der Waals surface area contributed by atoms with Crippen molar-refractivity contribution >= 4 is 29.2 Å². The largest absolute Gasteiger partial charge is 0.480 e. The summed E-state index contributed by atoms with van der Waals surface area (Å²) in [5, 5.41) is 13.9. The minimum Gasteiger partial charge on any atom is -0.480 e. The lowest BCUT2D eigenvalue weighted by Crippen LogP contribution is -2.51. The zero-order valence-electron chi connectivity index (χ0n) is 12.2. The van der Waals surface area contributed by atoms with Gasteiger partial charge in [0.05, 0.1) is 0 Å². The van der Waals surface area contributed by atoms with Crippen LogP contribution in [0.1, 0.15) is 51.0 Å². The predicted molar refractivity (Wildman–Crippen MR) is 86.1 cm³/mol. The zero-order valence-corrected chi connectivity index (χ0v) is 13.7. The Kier molecular flexibility index (Phi) is 5.53. The van der Waals surface area contributed by atoms with Crippen molar-refractivity contribution in [1.82, 2.24) is 5.32 Å². The van der Waals surface area contributed by atoms with E-state index >= 15 is 0 Å². The Hall–Kier alpha value is -0.770. The van der Waals surface area contributed by atoms with Crippen molar-refractivity contribution in [3.8, 4) is 0 Å². The summed E-state index contributed by atoms with van der Waals surface area (Å²) in [7, 11) is 0. The fourth-order valence-electron chi connectivity index (χ4n) is 2.98. The molecule has 0 saturated heterocycles. The molecule has 1 fully saturated rings. The first-order valence-corrected chi connectivity index (χ1v) is 8.15. The molecule has 1 saturated carbocycles. The second-order valence-electron chi connectivity index (χ2n) is 5.89. The van der Waals surface area contributed by atoms with Crippen LogP contribution in [0.4, 0.5) is 0 Å². The van der Waals surface area contributed by atoms with Crippen molar-refractivity contribution in [2.75, 3.05) is 0 Å². The van der Waals surface area contributed by atoms with Crippen LogP contribution in [0, 0.1) is 0 Å². The third-order valence-electron chi connectivity index (χ3n) is 4.25. The maximum Gasteiger partial charge on any atom is 0.328 e. The van der Waals surface area contributed by atoms with E-state index in [1.54, 1.807) is 25.1 Å². The van der Waals surface area contributed by atoms with Gasteiger partial charge < -0.3 is 5.11 Å². The Balaban J connectivity index is 2.28. The van der Waals surface area contributed by atoms with Crippen LogP contribution in [0.5, 0.6) is 0 Å². The molecule has 0 amide bonds. The molecule has 21 heavy (non-hydrogen) atoms. The summed E-state index contributed by atoms with van der Waals surface area (Å²) in [6.45, 7) is 1.68. The van der Waals surface area contributed by atoms with Crippen LogP contribution in [0.3, 0.4) is 0 Å². The van der Waals surface area contributed by atoms with Crippen molar-refractivity contribution < 1.29 is 9.90 Å². The number of aliphatic carboxylic acids is 1. The average Bonchev–Trinajstić information content (AvgIpc) is 2.66. The second-order valence-corrected chi connectivity index (χ2v) is 6.73. The first kappa shape index (κ1) is 16.6. The third kappa shape index (κ3) is 3.91. The number of carbonyl (C=O) groups is 1. The molecule has 1 atom stereocenters. The highest BCUT2D eigenvalue weighted by atomic mass is 35.5. The Morgan fingerprint density at radius 3 is 2.38 bits per heavy atom. The van der Waals surface area contributed by atoms with Crippen LogP contribution < -0.4 is 5.32 Å². The van der Waals surface area contributed by atoms with Gasteiger partial charge in [-0.3, -0.25) is 5.32 Å². The molecular formula is C16H21Cl2NO2. The number of hydrogen-bond acceptors (Lipinski definition) is 2. The molecule has 116 valence electrons. The first-order chi connectivity index (χ1) is 9.93. The van der Waals surface area contributed by atoms with Gasteiger partial charge in [0.2, 0.25) is 0 Å². The van der Waals surface area contributed by atoms with Crippen molar-refractivity contribution in [2.45, 2.75) is 57.0 Å². The summed E-state index contributed by atoms with van der Waals surface area (Å²) in [5.74, 6) is -0.920. The highest BCUT2D eigenvalue weighted by Crippen LogP contribution is 2.32. The number of carboxylic acid groups (broad SMARTS) is 1. The molecule has 5 heteroatoms. The van der Waals surface area contributed by atoms with E-state index in [4.69, 9.17) is 23.2 Å². The normalized spacial score (nSPS) is 19.8. The molecule has 1 aliphatic carbocycles. The van der Waals surface area contributed by atoms with E-state index in [0.717, 1.165) is 25.7 Å². The minimum atomic E-state index is -1.20. The molecule has 1 aromatic rings. The monoisotopic (exact) mass is 329 g/mol. The molecular weight excluding hydrogens is 309 g/mol. The van der Waals surface area contributed by atoms with Gasteiger partial charge in [0.1, 0.15) is 5.54 Å². The van der Waals surface area contributed by atoms with Gasteiger partial charge in [-0.05, 0) is 31.9 Å². The van der Waals surface area contributed by atoms with Crippen LogP contribution in [0.25, 0.3) is 0 Å². The summed E-state index contributed by atoms with van der Waals surface area (Å²) >= 11 is 12.1. The summed E-state index contributed by atoms with van der Waals surface area (Å²) < 4.78 is 0. The van der Waals surface area contributed by atoms with Gasteiger partial charge in [0.15, 0.2) is 0 Å². The predicted octanol–water partition coefficient (Wildman–Crippen LogP) is 4.61. The second kappa shape index (κ2) is 6.99. The third-order valence-corrected chi connectivity index (χ3v) is 4.79. The highest BCUT2D eigenvalue weighted by Gasteiger charge is 2.38. The number of rotatable bonds is 4. The number of benzene rings is 1. The molecule has 2 N–H and O–H groups in total. The van der Waals surface area contributed by atoms with Crippen LogP contribution in [0.15, 0.2) is 18.2 Å². The molecule has 3 nitrogen and oxygen atoms in total. The topological polar surface area (TPSA) is 49.3 Å². The summed E-state index contributed by atoms with van der Waals surface area (Å²) in [5.41, 5.74) is -0.637. The molecule has 0 aliphatic heterocycles. The Morgan fingerprint density at radius 2 is 1.86 bits per heavy atom. The van der Waals surface area contributed by atoms with E-state index < -0.39 is 11.5 Å². The number of carboxylic acids is 1. The van der Waals surface area contributed by atoms with Crippen LogP contribution >= 0.6 is 23.2 Å². The van der Waals surface area contributed by atoms with E-state index in [2.05, 4.69) is 5.32 Å². The highest BCUT2D eigenvalue weighted by molar-refractivity contribution is 6.35. The summed E-state index contributed by atoms with van der Waals surface area (Å²) in [6, 6.07) is 5.18. The number of nitrogens with one attached hydrogen (secondary N) is 1. The lowest BCUT2D eigenvalue weighted by molar-refractivity contribution is -0.145. The van der Waals surface area contributed by atoms with Crippen molar-refractivity contribution in [1.29, 1.82) is 0 Å². The van der Waals surface area contributed by atoms with E-state index in [0.29, 0.717) is 15.6 Å². The van der Waals surface area contributed by atoms with Crippen LogP contribution in [-0.4, -0.2) is 17.1 Å². The fraction of sp³-hybridized carbons (Fsp3) is 0.562. The molecule has 1 aliphatic rings. The Bertz CT molecular complexity index is 513. The molecule has 2 rings (SSSR count). The van der Waals surface area contributed by atoms with Gasteiger partial charge in [0.25, 0.3) is 0 Å². The van der Waals surface area contributed by atoms with Crippen molar-refractivity contribution in [3.05, 3.63) is 33.8 Å². The Morgan fingerprint density at radius 1 is 1.24 bits per heavy atom. The maximum absolute atomic E-state index is 11.9. The lowest BCUT2D eigenvalue weighted by Gasteiger charge is -2.32. The van der Waals surface area contributed by atoms with E-state index in [9.17, 15) is 9.90 Å². The van der Waals surface area contributed by atoms with Gasteiger partial charge >= 0.3 is 5.97 Å². The van der Waals surface area contributed by atoms with Gasteiger partial charge in [-0.15, -0.1) is 0 Å². The van der Waals surface area contributed by atoms with Gasteiger partial charge in [-0.25, -0.2) is 4.79 Å². The Labute approximate surface area is 135 Å². The van der Waals surface area contributed by atoms with Crippen molar-refractivity contribution in [2.24, 2.45) is 0 Å². The van der Waals surface area contributed by atoms with E-state index in [-0.39, 0.29) is 6.04 Å². The van der Waals surface area contributed by atoms with Gasteiger partial charge in [0, 0.05) is 21.7 Å². The number of hydrogen-bond donors (Lipinski definition) is 2. The number of halogens is 2. The molecule has 0 aromatic heterocycles. The molecule has 0 radical (unpaired) electrons. The lowest BCUT2D eigenvalue weighted by atomic mass is 9.90. The SMILES string of the molecule is CC(NC1CCCCCC1)(C(=O)O)c1ccc(Cl)cc1Cl. The van der Waals surface area contributed by atoms with Crippen LogP contribution in [0.2, 0.25) is 10.0 Å². The first-order valence-electron chi connectivity index (χ1n) is 7.40. The quantitative estimate of drug-likeness (QED) is 0.793. The standard InChI is InChI=1S/C16H21Cl2NO2/c1-16(15(20)21,13-9-8-11(17)10-14(13)18)19-12-6-4-2-3-5-7-12/h8-10,12,19H,2-7H2,1H3,(H,20,21). The fourth-order valence-corrected chi connectivity index (χ4v) is 3.58. The minimum absolute atomic E-state index is 0.209.